The third kappa shape index (κ3) is 2.82. The van der Waals surface area contributed by atoms with E-state index < -0.39 is 6.85 Å². The molecule has 0 saturated heterocycles. The third-order valence-corrected chi connectivity index (χ3v) is 4.30. The summed E-state index contributed by atoms with van der Waals surface area (Å²) in [4.78, 5) is 0. The molecule has 0 heteroatoms. The van der Waals surface area contributed by atoms with Crippen molar-refractivity contribution < 1.29 is 4.11 Å². The molecular formula is C22H22. The van der Waals surface area contributed by atoms with Gasteiger partial charge in [0.2, 0.25) is 0 Å². The van der Waals surface area contributed by atoms with Gasteiger partial charge in [0, 0.05) is 9.53 Å². The molecule has 0 aliphatic rings. The van der Waals surface area contributed by atoms with E-state index in [1.807, 2.05) is 30.3 Å². The zero-order valence-electron chi connectivity index (χ0n) is 16.0. The molecule has 110 valence electrons. The van der Waals surface area contributed by atoms with Crippen LogP contribution >= 0.6 is 0 Å². The molecule has 22 heavy (non-hydrogen) atoms. The van der Waals surface area contributed by atoms with Crippen LogP contribution in [0.25, 0.3) is 11.1 Å². The maximum Gasteiger partial charge on any atom is 0.0280 e. The highest BCUT2D eigenvalue weighted by Gasteiger charge is 2.23. The molecule has 0 bridgehead atoms. The van der Waals surface area contributed by atoms with Crippen LogP contribution in [0.1, 0.15) is 34.7 Å². The van der Waals surface area contributed by atoms with Crippen molar-refractivity contribution in [3.05, 3.63) is 95.6 Å². The van der Waals surface area contributed by atoms with Gasteiger partial charge in [-0.25, -0.2) is 0 Å². The summed E-state index contributed by atoms with van der Waals surface area (Å²) in [6, 6.07) is 26.1. The summed E-state index contributed by atoms with van der Waals surface area (Å²) in [7, 11) is 0. The summed E-state index contributed by atoms with van der Waals surface area (Å²) in [6.07, 6.45) is 0. The first kappa shape index (κ1) is 11.3. The topological polar surface area (TPSA) is 0 Å². The summed E-state index contributed by atoms with van der Waals surface area (Å²) >= 11 is 0. The molecule has 0 heterocycles. The zero-order chi connectivity index (χ0) is 18.1. The molecule has 0 N–H and O–H groups in total. The Morgan fingerprint density at radius 1 is 0.682 bits per heavy atom. The first-order valence-electron chi connectivity index (χ1n) is 9.05. The van der Waals surface area contributed by atoms with E-state index in [-0.39, 0.29) is 5.41 Å². The Morgan fingerprint density at radius 3 is 2.05 bits per heavy atom. The van der Waals surface area contributed by atoms with Crippen LogP contribution in [-0.2, 0) is 5.41 Å². The van der Waals surface area contributed by atoms with Crippen molar-refractivity contribution in [2.45, 2.75) is 26.1 Å². The lowest BCUT2D eigenvalue weighted by Gasteiger charge is -2.27. The molecule has 0 nitrogen and oxygen atoms in total. The second kappa shape index (κ2) is 5.81. The van der Waals surface area contributed by atoms with Gasteiger partial charge in [0.15, 0.2) is 0 Å². The summed E-state index contributed by atoms with van der Waals surface area (Å²) in [5, 5.41) is 0. The van der Waals surface area contributed by atoms with Crippen LogP contribution in [0.2, 0.25) is 0 Å². The summed E-state index contributed by atoms with van der Waals surface area (Å²) in [5.74, 6) is 0. The fraction of sp³-hybridized carbons (Fsp3) is 0.182. The predicted molar refractivity (Wildman–Crippen MR) is 95.2 cm³/mol. The molecule has 0 aliphatic heterocycles. The van der Waals surface area contributed by atoms with Crippen LogP contribution in [-0.4, -0.2) is 0 Å². The largest absolute Gasteiger partial charge is 0.0622 e. The highest BCUT2D eigenvalue weighted by atomic mass is 14.3. The minimum Gasteiger partial charge on any atom is -0.0622 e. The normalized spacial score (nSPS) is 14.0. The van der Waals surface area contributed by atoms with Gasteiger partial charge in [-0.2, -0.15) is 0 Å². The standard InChI is InChI=1S/C22H22/c1-17-12-14-20(15-13-17)22(2,3)21-11-7-10-19(16-21)18-8-5-4-6-9-18/h4-16H,1-3H3/i1D3. The smallest absolute Gasteiger partial charge is 0.0280 e. The molecule has 3 aromatic rings. The average Bonchev–Trinajstić information content (AvgIpc) is 2.62. The quantitative estimate of drug-likeness (QED) is 0.555. The molecule has 0 atom stereocenters. The highest BCUT2D eigenvalue weighted by Crippen LogP contribution is 2.33. The lowest BCUT2D eigenvalue weighted by molar-refractivity contribution is 0.641. The van der Waals surface area contributed by atoms with Gasteiger partial charge in [0.1, 0.15) is 0 Å². The van der Waals surface area contributed by atoms with Crippen LogP contribution < -0.4 is 0 Å². The van der Waals surface area contributed by atoms with Crippen LogP contribution in [0.5, 0.6) is 0 Å². The van der Waals surface area contributed by atoms with Crippen molar-refractivity contribution in [3.63, 3.8) is 0 Å². The number of rotatable bonds is 3. The molecule has 0 aliphatic carbocycles. The molecule has 0 unspecified atom stereocenters. The maximum absolute atomic E-state index is 7.52. The van der Waals surface area contributed by atoms with E-state index in [1.54, 1.807) is 12.1 Å². The Bertz CT molecular complexity index is 844. The molecule has 0 radical (unpaired) electrons. The highest BCUT2D eigenvalue weighted by molar-refractivity contribution is 5.64. The van der Waals surface area contributed by atoms with Gasteiger partial charge in [-0.1, -0.05) is 98.3 Å². The fourth-order valence-corrected chi connectivity index (χ4v) is 2.77. The van der Waals surface area contributed by atoms with Crippen molar-refractivity contribution in [1.29, 1.82) is 0 Å². The number of hydrogen-bond acceptors (Lipinski definition) is 0. The minimum atomic E-state index is -2.06. The predicted octanol–water partition coefficient (Wildman–Crippen LogP) is 5.99. The zero-order valence-corrected chi connectivity index (χ0v) is 13.0. The van der Waals surface area contributed by atoms with Gasteiger partial charge in [-0.05, 0) is 29.1 Å². The molecular weight excluding hydrogens is 264 g/mol. The first-order valence-corrected chi connectivity index (χ1v) is 7.55. The Kier molecular flexibility index (Phi) is 2.97. The molecule has 0 amide bonds. The second-order valence-electron chi connectivity index (χ2n) is 6.15. The lowest BCUT2D eigenvalue weighted by Crippen LogP contribution is -2.18. The number of benzene rings is 3. The Balaban J connectivity index is 1.97. The van der Waals surface area contributed by atoms with Crippen molar-refractivity contribution in [3.8, 4) is 11.1 Å². The second-order valence-corrected chi connectivity index (χ2v) is 6.15. The van der Waals surface area contributed by atoms with E-state index in [0.717, 1.165) is 5.56 Å². The summed E-state index contributed by atoms with van der Waals surface area (Å²) in [6.45, 7) is 2.28. The Morgan fingerprint density at radius 2 is 1.36 bits per heavy atom. The molecule has 0 saturated carbocycles. The molecule has 0 aromatic heterocycles. The molecule has 0 spiro atoms. The third-order valence-electron chi connectivity index (χ3n) is 4.30. The number of aryl methyl sites for hydroxylation is 1. The van der Waals surface area contributed by atoms with Gasteiger partial charge in [-0.15, -0.1) is 0 Å². The van der Waals surface area contributed by atoms with E-state index in [1.165, 1.54) is 16.7 Å². The van der Waals surface area contributed by atoms with Gasteiger partial charge in [0.05, 0.1) is 0 Å². The fourth-order valence-electron chi connectivity index (χ4n) is 2.77. The summed E-state index contributed by atoms with van der Waals surface area (Å²) < 4.78 is 22.6. The van der Waals surface area contributed by atoms with Crippen molar-refractivity contribution in [2.75, 3.05) is 0 Å². The SMILES string of the molecule is [2H]C([2H])([2H])c1ccc(C(C)(C)c2cccc(-c3ccccc3)c2)cc1. The van der Waals surface area contributed by atoms with E-state index in [4.69, 9.17) is 4.11 Å². The monoisotopic (exact) mass is 289 g/mol. The molecule has 0 fully saturated rings. The van der Waals surface area contributed by atoms with Crippen LogP contribution in [0.15, 0.2) is 78.9 Å². The van der Waals surface area contributed by atoms with Crippen LogP contribution in [0.3, 0.4) is 0 Å². The van der Waals surface area contributed by atoms with Crippen LogP contribution in [0.4, 0.5) is 0 Å². The van der Waals surface area contributed by atoms with Crippen molar-refractivity contribution in [1.82, 2.24) is 0 Å². The number of hydrogen-bond donors (Lipinski definition) is 0. The van der Waals surface area contributed by atoms with E-state index in [9.17, 15) is 0 Å². The minimum absolute atomic E-state index is 0.210. The van der Waals surface area contributed by atoms with E-state index in [0.29, 0.717) is 5.56 Å². The van der Waals surface area contributed by atoms with Crippen LogP contribution in [0, 0.1) is 6.85 Å². The van der Waals surface area contributed by atoms with Gasteiger partial charge in [0.25, 0.3) is 0 Å². The van der Waals surface area contributed by atoms with Crippen molar-refractivity contribution >= 4 is 0 Å². The molecule has 3 rings (SSSR count). The van der Waals surface area contributed by atoms with Gasteiger partial charge < -0.3 is 0 Å². The Hall–Kier alpha value is -2.34. The van der Waals surface area contributed by atoms with E-state index >= 15 is 0 Å². The summed E-state index contributed by atoms with van der Waals surface area (Å²) in [5.41, 5.74) is 4.85. The van der Waals surface area contributed by atoms with Gasteiger partial charge in [-0.3, -0.25) is 0 Å². The van der Waals surface area contributed by atoms with Gasteiger partial charge >= 0.3 is 0 Å². The Labute approximate surface area is 137 Å². The first-order chi connectivity index (χ1) is 11.8. The molecule has 3 aromatic carbocycles. The average molecular weight is 289 g/mol. The maximum atomic E-state index is 7.52. The lowest BCUT2D eigenvalue weighted by atomic mass is 9.77. The van der Waals surface area contributed by atoms with Crippen molar-refractivity contribution in [2.24, 2.45) is 0 Å². The van der Waals surface area contributed by atoms with E-state index in [2.05, 4.69) is 50.2 Å².